The van der Waals surface area contributed by atoms with Gasteiger partial charge in [0.2, 0.25) is 0 Å². The van der Waals surface area contributed by atoms with Crippen LogP contribution in [0.5, 0.6) is 0 Å². The van der Waals surface area contributed by atoms with Crippen molar-refractivity contribution in [3.63, 3.8) is 0 Å². The standard InChI is InChI=1S/C7H10O2/c1-2-6-7(9-6)4-3-5-8/h1,6-8H,3-5H2. The van der Waals surface area contributed by atoms with Crippen LogP contribution in [0.1, 0.15) is 12.8 Å². The summed E-state index contributed by atoms with van der Waals surface area (Å²) in [7, 11) is 0. The lowest BCUT2D eigenvalue weighted by molar-refractivity contribution is 0.273. The fourth-order valence-corrected chi connectivity index (χ4v) is 0.801. The van der Waals surface area contributed by atoms with E-state index < -0.39 is 0 Å². The van der Waals surface area contributed by atoms with E-state index >= 15 is 0 Å². The molecule has 1 saturated heterocycles. The number of hydrogen-bond donors (Lipinski definition) is 1. The Morgan fingerprint density at radius 3 is 2.89 bits per heavy atom. The van der Waals surface area contributed by atoms with Gasteiger partial charge in [-0.2, -0.15) is 0 Å². The molecule has 1 aliphatic rings. The Hall–Kier alpha value is -0.520. The van der Waals surface area contributed by atoms with Crippen LogP contribution in [0.25, 0.3) is 0 Å². The van der Waals surface area contributed by atoms with Gasteiger partial charge in [0.15, 0.2) is 0 Å². The number of hydrogen-bond acceptors (Lipinski definition) is 2. The zero-order valence-electron chi connectivity index (χ0n) is 5.21. The van der Waals surface area contributed by atoms with Crippen LogP contribution in [-0.2, 0) is 4.74 Å². The van der Waals surface area contributed by atoms with Gasteiger partial charge in [-0.1, -0.05) is 5.92 Å². The molecule has 0 amide bonds. The first-order valence-corrected chi connectivity index (χ1v) is 3.11. The first-order chi connectivity index (χ1) is 4.38. The summed E-state index contributed by atoms with van der Waals surface area (Å²) >= 11 is 0. The van der Waals surface area contributed by atoms with Gasteiger partial charge in [0.25, 0.3) is 0 Å². The summed E-state index contributed by atoms with van der Waals surface area (Å²) in [5.41, 5.74) is 0. The van der Waals surface area contributed by atoms with Gasteiger partial charge >= 0.3 is 0 Å². The van der Waals surface area contributed by atoms with Crippen molar-refractivity contribution in [3.05, 3.63) is 0 Å². The maximum Gasteiger partial charge on any atom is 0.144 e. The van der Waals surface area contributed by atoms with Gasteiger partial charge in [0.05, 0.1) is 6.10 Å². The van der Waals surface area contributed by atoms with Gasteiger partial charge in [-0.3, -0.25) is 0 Å². The Labute approximate surface area is 54.8 Å². The summed E-state index contributed by atoms with van der Waals surface area (Å²) in [6.07, 6.45) is 7.02. The number of aliphatic hydroxyl groups excluding tert-OH is 1. The normalized spacial score (nSPS) is 31.6. The molecule has 9 heavy (non-hydrogen) atoms. The monoisotopic (exact) mass is 126 g/mol. The third-order valence-corrected chi connectivity index (χ3v) is 1.39. The Balaban J connectivity index is 2.00. The second-order valence-corrected chi connectivity index (χ2v) is 2.13. The summed E-state index contributed by atoms with van der Waals surface area (Å²) in [6, 6.07) is 0. The van der Waals surface area contributed by atoms with Gasteiger partial charge in [-0.25, -0.2) is 0 Å². The third kappa shape index (κ3) is 1.70. The van der Waals surface area contributed by atoms with E-state index in [4.69, 9.17) is 16.3 Å². The van der Waals surface area contributed by atoms with E-state index in [1.807, 2.05) is 0 Å². The second-order valence-electron chi connectivity index (χ2n) is 2.13. The first kappa shape index (κ1) is 6.60. The zero-order valence-corrected chi connectivity index (χ0v) is 5.21. The highest BCUT2D eigenvalue weighted by molar-refractivity contribution is 5.07. The van der Waals surface area contributed by atoms with Gasteiger partial charge in [0, 0.05) is 6.61 Å². The molecule has 1 fully saturated rings. The SMILES string of the molecule is C#CC1OC1CCCO. The summed E-state index contributed by atoms with van der Waals surface area (Å²) in [4.78, 5) is 0. The molecule has 1 N–H and O–H groups in total. The molecule has 0 aliphatic carbocycles. The van der Waals surface area contributed by atoms with Crippen molar-refractivity contribution in [2.75, 3.05) is 6.61 Å². The Bertz CT molecular complexity index is 125. The van der Waals surface area contributed by atoms with E-state index in [0.717, 1.165) is 12.8 Å². The maximum atomic E-state index is 8.39. The number of aliphatic hydroxyl groups is 1. The van der Waals surface area contributed by atoms with Crippen LogP contribution >= 0.6 is 0 Å². The summed E-state index contributed by atoms with van der Waals surface area (Å²) < 4.78 is 5.02. The molecule has 1 aliphatic heterocycles. The minimum atomic E-state index is 0.0385. The predicted octanol–water partition coefficient (Wildman–Crippen LogP) is 0.160. The molecule has 0 aromatic heterocycles. The average Bonchev–Trinajstić information content (AvgIpc) is 2.62. The minimum absolute atomic E-state index is 0.0385. The number of epoxide rings is 1. The maximum absolute atomic E-state index is 8.39. The second kappa shape index (κ2) is 2.86. The van der Waals surface area contributed by atoms with E-state index in [1.165, 1.54) is 0 Å². The lowest BCUT2D eigenvalue weighted by Crippen LogP contribution is -1.92. The van der Waals surface area contributed by atoms with Crippen LogP contribution < -0.4 is 0 Å². The van der Waals surface area contributed by atoms with Gasteiger partial charge in [-0.15, -0.1) is 6.42 Å². The Morgan fingerprint density at radius 2 is 2.44 bits per heavy atom. The molecule has 1 rings (SSSR count). The predicted molar refractivity (Wildman–Crippen MR) is 33.8 cm³/mol. The largest absolute Gasteiger partial charge is 0.396 e. The van der Waals surface area contributed by atoms with Gasteiger partial charge < -0.3 is 9.84 Å². The fourth-order valence-electron chi connectivity index (χ4n) is 0.801. The number of terminal acetylenes is 1. The average molecular weight is 126 g/mol. The Morgan fingerprint density at radius 1 is 1.67 bits per heavy atom. The van der Waals surface area contributed by atoms with Crippen molar-refractivity contribution in [2.24, 2.45) is 0 Å². The van der Waals surface area contributed by atoms with Crippen LogP contribution in [-0.4, -0.2) is 23.9 Å². The highest BCUT2D eigenvalue weighted by atomic mass is 16.6. The van der Waals surface area contributed by atoms with Crippen molar-refractivity contribution < 1.29 is 9.84 Å². The van der Waals surface area contributed by atoms with Gasteiger partial charge in [0.1, 0.15) is 6.10 Å². The van der Waals surface area contributed by atoms with Crippen LogP contribution in [0.4, 0.5) is 0 Å². The molecule has 2 heteroatoms. The van der Waals surface area contributed by atoms with E-state index in [2.05, 4.69) is 5.92 Å². The van der Waals surface area contributed by atoms with Crippen molar-refractivity contribution in [1.82, 2.24) is 0 Å². The smallest absolute Gasteiger partial charge is 0.144 e. The van der Waals surface area contributed by atoms with Crippen LogP contribution in [0.15, 0.2) is 0 Å². The third-order valence-electron chi connectivity index (χ3n) is 1.39. The van der Waals surface area contributed by atoms with Gasteiger partial charge in [-0.05, 0) is 12.8 Å². The van der Waals surface area contributed by atoms with Crippen LogP contribution in [0, 0.1) is 12.3 Å². The molecule has 0 aromatic carbocycles. The molecule has 50 valence electrons. The summed E-state index contributed by atoms with van der Waals surface area (Å²) in [6.45, 7) is 0.233. The molecule has 2 atom stereocenters. The van der Waals surface area contributed by atoms with Crippen LogP contribution in [0.2, 0.25) is 0 Å². The molecule has 0 radical (unpaired) electrons. The number of ether oxygens (including phenoxy) is 1. The molecule has 1 heterocycles. The molecule has 0 aromatic rings. The quantitative estimate of drug-likeness (QED) is 0.431. The molecule has 0 spiro atoms. The van der Waals surface area contributed by atoms with Crippen molar-refractivity contribution in [3.8, 4) is 12.3 Å². The molecule has 2 nitrogen and oxygen atoms in total. The molecule has 0 saturated carbocycles. The lowest BCUT2D eigenvalue weighted by Gasteiger charge is -1.87. The molecule has 2 unspecified atom stereocenters. The molecular formula is C7H10O2. The van der Waals surface area contributed by atoms with E-state index in [1.54, 1.807) is 0 Å². The topological polar surface area (TPSA) is 32.8 Å². The van der Waals surface area contributed by atoms with Crippen molar-refractivity contribution >= 4 is 0 Å². The first-order valence-electron chi connectivity index (χ1n) is 3.11. The molecular weight excluding hydrogens is 116 g/mol. The zero-order chi connectivity index (χ0) is 6.69. The number of rotatable bonds is 3. The molecule has 0 bridgehead atoms. The highest BCUT2D eigenvalue weighted by Crippen LogP contribution is 2.24. The van der Waals surface area contributed by atoms with E-state index in [0.29, 0.717) is 0 Å². The fraction of sp³-hybridized carbons (Fsp3) is 0.714. The van der Waals surface area contributed by atoms with Crippen molar-refractivity contribution in [1.29, 1.82) is 0 Å². The lowest BCUT2D eigenvalue weighted by atomic mass is 10.2. The van der Waals surface area contributed by atoms with Crippen LogP contribution in [0.3, 0.4) is 0 Å². The van der Waals surface area contributed by atoms with E-state index in [9.17, 15) is 0 Å². The minimum Gasteiger partial charge on any atom is -0.396 e. The Kier molecular flexibility index (Phi) is 2.10. The van der Waals surface area contributed by atoms with E-state index in [-0.39, 0.29) is 18.8 Å². The summed E-state index contributed by atoms with van der Waals surface area (Å²) in [5.74, 6) is 2.49. The van der Waals surface area contributed by atoms with Crippen molar-refractivity contribution in [2.45, 2.75) is 25.0 Å². The highest BCUT2D eigenvalue weighted by Gasteiger charge is 2.35. The summed E-state index contributed by atoms with van der Waals surface area (Å²) in [5, 5.41) is 8.39.